The Kier molecular flexibility index (Phi) is 7.41. The van der Waals surface area contributed by atoms with Crippen molar-refractivity contribution in [2.45, 2.75) is 19.3 Å². The van der Waals surface area contributed by atoms with E-state index in [2.05, 4.69) is 9.80 Å². The Hall–Kier alpha value is -3.46. The standard InChI is InChI=1S/C28H33FN4O4/c1-37-18-4-13-33-27(35)23-6-2-7-24(25(23)28(33)36)32-12-3-5-20(19-32)26(34)31-16-14-30(15-17-31)22-10-8-21(29)9-11-22/h2,6-11,20H,3-5,12-19H2,1H3. The Bertz CT molecular complexity index is 1160. The van der Waals surface area contributed by atoms with Crippen LogP contribution >= 0.6 is 0 Å². The summed E-state index contributed by atoms with van der Waals surface area (Å²) in [6.45, 7) is 4.72. The number of methoxy groups -OCH3 is 1. The molecule has 2 fully saturated rings. The zero-order chi connectivity index (χ0) is 25.9. The lowest BCUT2D eigenvalue weighted by Crippen LogP contribution is -2.52. The fourth-order valence-corrected chi connectivity index (χ4v) is 5.64. The summed E-state index contributed by atoms with van der Waals surface area (Å²) in [4.78, 5) is 47.1. The van der Waals surface area contributed by atoms with Crippen LogP contribution in [-0.2, 0) is 9.53 Å². The maximum Gasteiger partial charge on any atom is 0.263 e. The number of rotatable bonds is 7. The van der Waals surface area contributed by atoms with Crippen LogP contribution in [0.25, 0.3) is 0 Å². The number of carbonyl (C=O) groups is 3. The van der Waals surface area contributed by atoms with Gasteiger partial charge in [0.1, 0.15) is 5.82 Å². The molecule has 0 aromatic heterocycles. The molecule has 196 valence electrons. The van der Waals surface area contributed by atoms with Gasteiger partial charge in [-0.3, -0.25) is 19.3 Å². The fraction of sp³-hybridized carbons (Fsp3) is 0.464. The van der Waals surface area contributed by atoms with Crippen molar-refractivity contribution in [1.29, 1.82) is 0 Å². The Labute approximate surface area is 216 Å². The molecule has 9 heteroatoms. The molecule has 3 amide bonds. The van der Waals surface area contributed by atoms with Gasteiger partial charge in [-0.1, -0.05) is 6.07 Å². The molecule has 3 aliphatic heterocycles. The first kappa shape index (κ1) is 25.2. The molecule has 3 heterocycles. The van der Waals surface area contributed by atoms with Crippen LogP contribution in [0.1, 0.15) is 40.0 Å². The van der Waals surface area contributed by atoms with Gasteiger partial charge in [-0.2, -0.15) is 0 Å². The fourth-order valence-electron chi connectivity index (χ4n) is 5.64. The predicted octanol–water partition coefficient (Wildman–Crippen LogP) is 3.02. The van der Waals surface area contributed by atoms with Crippen LogP contribution in [0, 0.1) is 11.7 Å². The van der Waals surface area contributed by atoms with E-state index in [4.69, 9.17) is 4.74 Å². The number of imide groups is 1. The number of hydrogen-bond donors (Lipinski definition) is 0. The highest BCUT2D eigenvalue weighted by molar-refractivity contribution is 6.23. The van der Waals surface area contributed by atoms with Crippen LogP contribution in [0.5, 0.6) is 0 Å². The van der Waals surface area contributed by atoms with E-state index in [1.54, 1.807) is 25.3 Å². The van der Waals surface area contributed by atoms with Crippen LogP contribution in [0.3, 0.4) is 0 Å². The lowest BCUT2D eigenvalue weighted by Gasteiger charge is -2.40. The predicted molar refractivity (Wildman–Crippen MR) is 138 cm³/mol. The summed E-state index contributed by atoms with van der Waals surface area (Å²) >= 11 is 0. The number of amides is 3. The van der Waals surface area contributed by atoms with Crippen molar-refractivity contribution in [3.8, 4) is 0 Å². The first-order valence-electron chi connectivity index (χ1n) is 13.0. The van der Waals surface area contributed by atoms with E-state index in [1.165, 1.54) is 17.0 Å². The average Bonchev–Trinajstić information content (AvgIpc) is 3.18. The molecule has 0 radical (unpaired) electrons. The van der Waals surface area contributed by atoms with Gasteiger partial charge in [0, 0.05) is 65.2 Å². The summed E-state index contributed by atoms with van der Waals surface area (Å²) in [6, 6.07) is 11.9. The minimum atomic E-state index is -0.267. The van der Waals surface area contributed by atoms with E-state index >= 15 is 0 Å². The molecule has 1 unspecified atom stereocenters. The number of piperidine rings is 1. The molecule has 8 nitrogen and oxygen atoms in total. The van der Waals surface area contributed by atoms with Crippen molar-refractivity contribution < 1.29 is 23.5 Å². The van der Waals surface area contributed by atoms with Gasteiger partial charge in [0.2, 0.25) is 5.91 Å². The Balaban J connectivity index is 1.24. The van der Waals surface area contributed by atoms with Crippen LogP contribution in [0.15, 0.2) is 42.5 Å². The number of nitrogens with zero attached hydrogens (tertiary/aromatic N) is 4. The summed E-state index contributed by atoms with van der Waals surface area (Å²) in [5.41, 5.74) is 2.59. The van der Waals surface area contributed by atoms with Crippen LogP contribution < -0.4 is 9.80 Å². The van der Waals surface area contributed by atoms with Crippen LogP contribution in [-0.4, -0.2) is 87.1 Å². The molecule has 0 spiro atoms. The monoisotopic (exact) mass is 508 g/mol. The maximum atomic E-state index is 13.5. The minimum absolute atomic E-state index is 0.139. The molecule has 0 saturated carbocycles. The first-order chi connectivity index (χ1) is 18.0. The summed E-state index contributed by atoms with van der Waals surface area (Å²) in [5.74, 6) is -0.807. The third-order valence-corrected chi connectivity index (χ3v) is 7.60. The van der Waals surface area contributed by atoms with E-state index in [1.807, 2.05) is 17.0 Å². The summed E-state index contributed by atoms with van der Waals surface area (Å²) in [6.07, 6.45) is 2.24. The largest absolute Gasteiger partial charge is 0.385 e. The van der Waals surface area contributed by atoms with Gasteiger partial charge in [-0.05, 0) is 55.7 Å². The van der Waals surface area contributed by atoms with Gasteiger partial charge in [0.25, 0.3) is 11.8 Å². The Morgan fingerprint density at radius 2 is 1.73 bits per heavy atom. The molecule has 2 saturated heterocycles. The second-order valence-corrected chi connectivity index (χ2v) is 9.88. The van der Waals surface area contributed by atoms with Crippen molar-refractivity contribution in [3.05, 3.63) is 59.4 Å². The third-order valence-electron chi connectivity index (χ3n) is 7.60. The number of piperazine rings is 1. The quantitative estimate of drug-likeness (QED) is 0.423. The highest BCUT2D eigenvalue weighted by Crippen LogP contribution is 2.34. The molecule has 3 aliphatic rings. The lowest BCUT2D eigenvalue weighted by atomic mass is 9.94. The van der Waals surface area contributed by atoms with E-state index < -0.39 is 0 Å². The Morgan fingerprint density at radius 3 is 2.46 bits per heavy atom. The van der Waals surface area contributed by atoms with E-state index in [-0.39, 0.29) is 29.5 Å². The number of hydrogen-bond acceptors (Lipinski definition) is 6. The molecule has 0 bridgehead atoms. The van der Waals surface area contributed by atoms with Gasteiger partial charge in [-0.25, -0.2) is 4.39 Å². The van der Waals surface area contributed by atoms with Gasteiger partial charge in [0.05, 0.1) is 22.7 Å². The molecule has 2 aromatic carbocycles. The maximum absolute atomic E-state index is 13.5. The van der Waals surface area contributed by atoms with Crippen LogP contribution in [0.2, 0.25) is 0 Å². The number of benzene rings is 2. The average molecular weight is 509 g/mol. The SMILES string of the molecule is COCCCN1C(=O)c2cccc(N3CCCC(C(=O)N4CCN(c5ccc(F)cc5)CC4)C3)c2C1=O. The van der Waals surface area contributed by atoms with Gasteiger partial charge in [0.15, 0.2) is 0 Å². The molecule has 2 aromatic rings. The van der Waals surface area contributed by atoms with Gasteiger partial charge in [-0.15, -0.1) is 0 Å². The molecule has 0 N–H and O–H groups in total. The van der Waals surface area contributed by atoms with Crippen molar-refractivity contribution in [2.24, 2.45) is 5.92 Å². The number of fused-ring (bicyclic) bond motifs is 1. The lowest BCUT2D eigenvalue weighted by molar-refractivity contribution is -0.136. The molecule has 0 aliphatic carbocycles. The zero-order valence-electron chi connectivity index (χ0n) is 21.2. The van der Waals surface area contributed by atoms with Crippen molar-refractivity contribution in [2.75, 3.05) is 69.3 Å². The molecular weight excluding hydrogens is 475 g/mol. The van der Waals surface area contributed by atoms with Crippen molar-refractivity contribution >= 4 is 29.1 Å². The van der Waals surface area contributed by atoms with Gasteiger partial charge >= 0.3 is 0 Å². The molecular formula is C28H33FN4O4. The molecule has 1 atom stereocenters. The van der Waals surface area contributed by atoms with Gasteiger partial charge < -0.3 is 19.4 Å². The summed E-state index contributed by atoms with van der Waals surface area (Å²) in [7, 11) is 1.60. The second kappa shape index (κ2) is 10.9. The number of carbonyl (C=O) groups excluding carboxylic acids is 3. The van der Waals surface area contributed by atoms with E-state index in [0.717, 1.165) is 30.8 Å². The first-order valence-corrected chi connectivity index (χ1v) is 13.0. The normalized spacial score (nSPS) is 20.0. The van der Waals surface area contributed by atoms with E-state index in [0.29, 0.717) is 63.4 Å². The van der Waals surface area contributed by atoms with E-state index in [9.17, 15) is 18.8 Å². The summed E-state index contributed by atoms with van der Waals surface area (Å²) < 4.78 is 18.3. The molecule has 37 heavy (non-hydrogen) atoms. The van der Waals surface area contributed by atoms with Crippen molar-refractivity contribution in [3.63, 3.8) is 0 Å². The topological polar surface area (TPSA) is 73.4 Å². The number of halogens is 1. The highest BCUT2D eigenvalue weighted by Gasteiger charge is 2.39. The second-order valence-electron chi connectivity index (χ2n) is 9.88. The smallest absolute Gasteiger partial charge is 0.263 e. The summed E-state index contributed by atoms with van der Waals surface area (Å²) in [5, 5.41) is 0. The Morgan fingerprint density at radius 1 is 0.973 bits per heavy atom. The minimum Gasteiger partial charge on any atom is -0.385 e. The third kappa shape index (κ3) is 5.05. The van der Waals surface area contributed by atoms with Crippen LogP contribution in [0.4, 0.5) is 15.8 Å². The highest BCUT2D eigenvalue weighted by atomic mass is 19.1. The van der Waals surface area contributed by atoms with Crippen molar-refractivity contribution in [1.82, 2.24) is 9.80 Å². The number of ether oxygens (including phenoxy) is 1. The zero-order valence-corrected chi connectivity index (χ0v) is 21.2. The number of anilines is 2. The molecule has 5 rings (SSSR count).